The van der Waals surface area contributed by atoms with E-state index in [1.807, 2.05) is 0 Å². The maximum absolute atomic E-state index is 12.8. The molecule has 0 aliphatic heterocycles. The molecule has 2 aliphatic rings. The monoisotopic (exact) mass is 320 g/mol. The minimum Gasteiger partial charge on any atom is -0.294 e. The van der Waals surface area contributed by atoms with E-state index in [1.165, 1.54) is 11.1 Å². The summed E-state index contributed by atoms with van der Waals surface area (Å²) in [7, 11) is 0. The van der Waals surface area contributed by atoms with Crippen LogP contribution in [0.25, 0.3) is 0 Å². The minimum atomic E-state index is 0.147. The summed E-state index contributed by atoms with van der Waals surface area (Å²) in [5.74, 6) is 0.811. The molecular weight excluding hydrogens is 292 g/mol. The Kier molecular flexibility index (Phi) is 6.99. The molecule has 0 heterocycles. The van der Waals surface area contributed by atoms with Crippen LogP contribution in [0.2, 0.25) is 0 Å². The minimum absolute atomic E-state index is 0.147. The van der Waals surface area contributed by atoms with Gasteiger partial charge in [-0.3, -0.25) is 4.79 Å². The van der Waals surface area contributed by atoms with Gasteiger partial charge < -0.3 is 0 Å². The van der Waals surface area contributed by atoms with Gasteiger partial charge in [-0.25, -0.2) is 0 Å². The maximum Gasteiger partial charge on any atom is 0.163 e. The average molecular weight is 320 g/mol. The van der Waals surface area contributed by atoms with Crippen molar-refractivity contribution in [1.29, 1.82) is 0 Å². The lowest BCUT2D eigenvalue weighted by atomic mass is 9.77. The Hall–Kier alpha value is -2.15. The van der Waals surface area contributed by atoms with E-state index in [2.05, 4.69) is 56.5 Å². The molecule has 0 saturated heterocycles. The van der Waals surface area contributed by atoms with Crippen molar-refractivity contribution in [3.8, 4) is 0 Å². The zero-order chi connectivity index (χ0) is 17.4. The second kappa shape index (κ2) is 9.22. The van der Waals surface area contributed by atoms with E-state index in [0.717, 1.165) is 25.7 Å². The molecule has 0 spiro atoms. The van der Waals surface area contributed by atoms with Crippen molar-refractivity contribution in [2.45, 2.75) is 39.0 Å². The Morgan fingerprint density at radius 3 is 2.79 bits per heavy atom. The molecule has 0 fully saturated rings. The zero-order valence-corrected chi connectivity index (χ0v) is 14.7. The van der Waals surface area contributed by atoms with Crippen LogP contribution in [-0.2, 0) is 4.79 Å². The number of hydrogen-bond donors (Lipinski definition) is 0. The van der Waals surface area contributed by atoms with E-state index in [-0.39, 0.29) is 11.7 Å². The molecule has 24 heavy (non-hydrogen) atoms. The summed E-state index contributed by atoms with van der Waals surface area (Å²) >= 11 is 0. The van der Waals surface area contributed by atoms with Gasteiger partial charge in [-0.15, -0.1) is 0 Å². The van der Waals surface area contributed by atoms with Gasteiger partial charge in [0.1, 0.15) is 0 Å². The van der Waals surface area contributed by atoms with Gasteiger partial charge in [0.05, 0.1) is 0 Å². The lowest BCUT2D eigenvalue weighted by Gasteiger charge is -2.27. The topological polar surface area (TPSA) is 17.1 Å². The third-order valence-corrected chi connectivity index (χ3v) is 4.78. The number of hydrogen-bond acceptors (Lipinski definition) is 1. The first-order chi connectivity index (χ1) is 11.7. The van der Waals surface area contributed by atoms with Crippen molar-refractivity contribution in [3.63, 3.8) is 0 Å². The number of carbonyl (C=O) groups excluding carboxylic acids is 1. The molecule has 0 aromatic carbocycles. The van der Waals surface area contributed by atoms with E-state index in [9.17, 15) is 4.79 Å². The first-order valence-electron chi connectivity index (χ1n) is 8.93. The van der Waals surface area contributed by atoms with Gasteiger partial charge in [-0.1, -0.05) is 92.3 Å². The van der Waals surface area contributed by atoms with E-state index in [1.54, 1.807) is 18.2 Å². The molecule has 1 heteroatoms. The highest BCUT2D eigenvalue weighted by Crippen LogP contribution is 2.38. The largest absolute Gasteiger partial charge is 0.294 e. The second-order valence-electron chi connectivity index (χ2n) is 6.40. The van der Waals surface area contributed by atoms with E-state index in [0.29, 0.717) is 17.9 Å². The molecule has 0 aromatic rings. The molecule has 2 rings (SSSR count). The van der Waals surface area contributed by atoms with Crippen LogP contribution in [0.3, 0.4) is 0 Å². The fraction of sp³-hybridized carbons (Fsp3) is 0.348. The van der Waals surface area contributed by atoms with Crippen LogP contribution in [0, 0.1) is 11.8 Å². The normalized spacial score (nSPS) is 21.2. The lowest BCUT2D eigenvalue weighted by molar-refractivity contribution is -0.115. The van der Waals surface area contributed by atoms with Crippen LogP contribution in [0.1, 0.15) is 39.0 Å². The number of ketones is 1. The van der Waals surface area contributed by atoms with E-state index >= 15 is 0 Å². The van der Waals surface area contributed by atoms with Crippen molar-refractivity contribution in [2.75, 3.05) is 0 Å². The molecule has 2 unspecified atom stereocenters. The first-order valence-corrected chi connectivity index (χ1v) is 8.93. The standard InChI is InChI=1S/C23H28O/c1-4-11-18(6-3)23(24)17-22(20-13-8-7-9-14-20)21-16-10-15-19(21)12-5-2/h4,6-8,10-11,13,15-16,19,22H,1,3,5,9,12,14,17H2,2H3/b18-11+. The molecule has 0 saturated carbocycles. The predicted octanol–water partition coefficient (Wildman–Crippen LogP) is 6.05. The summed E-state index contributed by atoms with van der Waals surface area (Å²) in [5.41, 5.74) is 3.43. The number of Topliss-reactive ketones (excluding diaryl/α,β-unsaturated/α-hetero) is 1. The molecular formula is C23H28O. The Labute approximate surface area is 146 Å². The van der Waals surface area contributed by atoms with Gasteiger partial charge in [0.25, 0.3) is 0 Å². The van der Waals surface area contributed by atoms with Crippen LogP contribution < -0.4 is 0 Å². The van der Waals surface area contributed by atoms with Crippen LogP contribution in [0.4, 0.5) is 0 Å². The molecule has 0 amide bonds. The molecule has 1 nitrogen and oxygen atoms in total. The summed E-state index contributed by atoms with van der Waals surface area (Å²) < 4.78 is 0. The van der Waals surface area contributed by atoms with Gasteiger partial charge in [-0.05, 0) is 25.2 Å². The van der Waals surface area contributed by atoms with Crippen molar-refractivity contribution in [2.24, 2.45) is 11.8 Å². The van der Waals surface area contributed by atoms with Gasteiger partial charge in [-0.2, -0.15) is 0 Å². The summed E-state index contributed by atoms with van der Waals surface area (Å²) in [6.07, 6.45) is 23.1. The number of carbonyl (C=O) groups is 1. The molecule has 0 aromatic heterocycles. The van der Waals surface area contributed by atoms with Gasteiger partial charge in [0.2, 0.25) is 0 Å². The molecule has 126 valence electrons. The summed E-state index contributed by atoms with van der Waals surface area (Å²) in [6.45, 7) is 9.69. The van der Waals surface area contributed by atoms with Crippen molar-refractivity contribution in [3.05, 3.63) is 84.6 Å². The van der Waals surface area contributed by atoms with Crippen LogP contribution in [0.15, 0.2) is 84.6 Å². The van der Waals surface area contributed by atoms with Gasteiger partial charge in [0, 0.05) is 17.9 Å². The van der Waals surface area contributed by atoms with Crippen molar-refractivity contribution >= 4 is 5.78 Å². The Bertz CT molecular complexity index is 637. The highest BCUT2D eigenvalue weighted by atomic mass is 16.1. The third-order valence-electron chi connectivity index (χ3n) is 4.78. The molecule has 2 aliphatic carbocycles. The van der Waals surface area contributed by atoms with Gasteiger partial charge in [0.15, 0.2) is 5.78 Å². The molecule has 2 atom stereocenters. The summed E-state index contributed by atoms with van der Waals surface area (Å²) in [6, 6.07) is 0. The van der Waals surface area contributed by atoms with Gasteiger partial charge >= 0.3 is 0 Å². The van der Waals surface area contributed by atoms with Crippen LogP contribution in [-0.4, -0.2) is 5.78 Å². The van der Waals surface area contributed by atoms with E-state index in [4.69, 9.17) is 0 Å². The summed E-state index contributed by atoms with van der Waals surface area (Å²) in [4.78, 5) is 12.8. The molecule has 0 radical (unpaired) electrons. The Morgan fingerprint density at radius 2 is 2.17 bits per heavy atom. The van der Waals surface area contributed by atoms with Crippen molar-refractivity contribution in [1.82, 2.24) is 0 Å². The first kappa shape index (κ1) is 18.2. The summed E-state index contributed by atoms with van der Waals surface area (Å²) in [5, 5.41) is 0. The van der Waals surface area contributed by atoms with E-state index < -0.39 is 0 Å². The molecule has 0 N–H and O–H groups in total. The lowest BCUT2D eigenvalue weighted by Crippen LogP contribution is -2.18. The Morgan fingerprint density at radius 1 is 1.33 bits per heavy atom. The zero-order valence-electron chi connectivity index (χ0n) is 14.7. The highest BCUT2D eigenvalue weighted by Gasteiger charge is 2.28. The highest BCUT2D eigenvalue weighted by molar-refractivity contribution is 5.98. The average Bonchev–Trinajstić information content (AvgIpc) is 3.06. The smallest absolute Gasteiger partial charge is 0.163 e. The SMILES string of the molecule is C=C/C=C(\C=C)C(=O)CC(C1=CC=CCC1)C1=CC=CC1CCC. The maximum atomic E-state index is 12.8. The molecule has 0 bridgehead atoms. The second-order valence-corrected chi connectivity index (χ2v) is 6.40. The fourth-order valence-corrected chi connectivity index (χ4v) is 3.56. The predicted molar refractivity (Wildman–Crippen MR) is 104 cm³/mol. The fourth-order valence-electron chi connectivity index (χ4n) is 3.56. The quantitative estimate of drug-likeness (QED) is 0.373. The number of rotatable bonds is 9. The van der Waals surface area contributed by atoms with Crippen LogP contribution in [0.5, 0.6) is 0 Å². The number of allylic oxidation sites excluding steroid dienone is 12. The third kappa shape index (κ3) is 4.44. The van der Waals surface area contributed by atoms with Crippen molar-refractivity contribution < 1.29 is 4.79 Å². The Balaban J connectivity index is 2.27. The van der Waals surface area contributed by atoms with Crippen LogP contribution >= 0.6 is 0 Å².